The third-order valence-corrected chi connectivity index (χ3v) is 3.68. The largest absolute Gasteiger partial charge is 0.469 e. The second kappa shape index (κ2) is 8.32. The van der Waals surface area contributed by atoms with Crippen LogP contribution >= 0.6 is 0 Å². The van der Waals surface area contributed by atoms with Crippen LogP contribution in [-0.2, 0) is 6.42 Å². The lowest BCUT2D eigenvalue weighted by molar-refractivity contribution is 0.0938. The van der Waals surface area contributed by atoms with Gasteiger partial charge in [0.15, 0.2) is 0 Å². The number of rotatable bonds is 5. The van der Waals surface area contributed by atoms with E-state index in [1.807, 2.05) is 32.9 Å². The number of hydrogen-bond acceptors (Lipinski definition) is 5. The maximum absolute atomic E-state index is 12.5. The molecule has 7 nitrogen and oxygen atoms in total. The van der Waals surface area contributed by atoms with E-state index in [0.29, 0.717) is 5.76 Å². The topological polar surface area (TPSA) is 101 Å². The summed E-state index contributed by atoms with van der Waals surface area (Å²) < 4.78 is 10.7. The minimum absolute atomic E-state index is 0.0762. The van der Waals surface area contributed by atoms with E-state index in [0.717, 1.165) is 18.6 Å². The summed E-state index contributed by atoms with van der Waals surface area (Å²) in [5.41, 5.74) is 0.0130. The Morgan fingerprint density at radius 2 is 2.16 bits per heavy atom. The molecular formula is C18H23N3O4. The van der Waals surface area contributed by atoms with Gasteiger partial charge < -0.3 is 19.1 Å². The van der Waals surface area contributed by atoms with Gasteiger partial charge in [0.2, 0.25) is 5.71 Å². The van der Waals surface area contributed by atoms with Crippen LogP contribution in [0.3, 0.4) is 0 Å². The fourth-order valence-electron chi connectivity index (χ4n) is 2.51. The van der Waals surface area contributed by atoms with Gasteiger partial charge in [-0.1, -0.05) is 13.8 Å². The highest BCUT2D eigenvalue weighted by molar-refractivity contribution is 6.06. The predicted molar refractivity (Wildman–Crippen MR) is 94.7 cm³/mol. The van der Waals surface area contributed by atoms with Crippen molar-refractivity contribution in [2.45, 2.75) is 46.6 Å². The molecule has 0 aliphatic rings. The molecule has 25 heavy (non-hydrogen) atoms. The number of aromatic nitrogens is 2. The van der Waals surface area contributed by atoms with Gasteiger partial charge in [0.05, 0.1) is 18.2 Å². The highest BCUT2D eigenvalue weighted by Crippen LogP contribution is 2.20. The Kier molecular flexibility index (Phi) is 6.16. The zero-order valence-corrected chi connectivity index (χ0v) is 14.9. The number of nitrogens with zero attached hydrogens (tertiary/aromatic N) is 1. The Labute approximate surface area is 145 Å². The third kappa shape index (κ3) is 4.17. The lowest BCUT2D eigenvalue weighted by Crippen LogP contribution is -2.33. The summed E-state index contributed by atoms with van der Waals surface area (Å²) in [4.78, 5) is 30.8. The van der Waals surface area contributed by atoms with Crippen LogP contribution in [0.2, 0.25) is 0 Å². The minimum Gasteiger partial charge on any atom is -0.469 e. The molecule has 0 saturated heterocycles. The first-order valence-corrected chi connectivity index (χ1v) is 8.36. The third-order valence-electron chi connectivity index (χ3n) is 3.68. The van der Waals surface area contributed by atoms with Crippen molar-refractivity contribution in [3.63, 3.8) is 0 Å². The van der Waals surface area contributed by atoms with Crippen LogP contribution in [0.15, 0.2) is 38.4 Å². The molecule has 134 valence electrons. The molecule has 3 aromatic heterocycles. The number of furan rings is 2. The van der Waals surface area contributed by atoms with Crippen molar-refractivity contribution in [2.75, 3.05) is 0 Å². The van der Waals surface area contributed by atoms with Gasteiger partial charge in [-0.25, -0.2) is 4.98 Å². The molecule has 1 atom stereocenters. The second-order valence-electron chi connectivity index (χ2n) is 5.44. The van der Waals surface area contributed by atoms with Gasteiger partial charge >= 0.3 is 0 Å². The fraction of sp³-hybridized carbons (Fsp3) is 0.389. The van der Waals surface area contributed by atoms with Gasteiger partial charge in [-0.15, -0.1) is 0 Å². The smallest absolute Gasteiger partial charge is 0.262 e. The summed E-state index contributed by atoms with van der Waals surface area (Å²) in [6.07, 6.45) is 4.32. The van der Waals surface area contributed by atoms with Crippen molar-refractivity contribution >= 4 is 17.0 Å². The molecule has 1 unspecified atom stereocenters. The monoisotopic (exact) mass is 345 g/mol. The van der Waals surface area contributed by atoms with E-state index in [-0.39, 0.29) is 34.2 Å². The van der Waals surface area contributed by atoms with Gasteiger partial charge in [-0.3, -0.25) is 9.59 Å². The SMILES string of the molecule is CC.Cc1oc2nc[nH]c(=O)c2c1C(=O)NC(C)CCc1ccco1. The fourth-order valence-corrected chi connectivity index (χ4v) is 2.51. The number of amides is 1. The summed E-state index contributed by atoms with van der Waals surface area (Å²) >= 11 is 0. The second-order valence-corrected chi connectivity index (χ2v) is 5.44. The van der Waals surface area contributed by atoms with E-state index in [4.69, 9.17) is 8.83 Å². The summed E-state index contributed by atoms with van der Waals surface area (Å²) in [5.74, 6) is 0.906. The number of nitrogens with one attached hydrogen (secondary N) is 2. The van der Waals surface area contributed by atoms with Gasteiger partial charge in [0.1, 0.15) is 16.9 Å². The Hall–Kier alpha value is -2.83. The first-order chi connectivity index (χ1) is 12.1. The maximum atomic E-state index is 12.5. The quantitative estimate of drug-likeness (QED) is 0.739. The number of hydrogen-bond donors (Lipinski definition) is 2. The maximum Gasteiger partial charge on any atom is 0.262 e. The molecule has 2 N–H and O–H groups in total. The van der Waals surface area contributed by atoms with E-state index in [1.54, 1.807) is 13.2 Å². The average molecular weight is 345 g/mol. The van der Waals surface area contributed by atoms with Gasteiger partial charge in [-0.2, -0.15) is 0 Å². The summed E-state index contributed by atoms with van der Waals surface area (Å²) in [7, 11) is 0. The lowest BCUT2D eigenvalue weighted by Gasteiger charge is -2.12. The highest BCUT2D eigenvalue weighted by Gasteiger charge is 2.22. The lowest BCUT2D eigenvalue weighted by atomic mass is 10.1. The van der Waals surface area contributed by atoms with Gasteiger partial charge in [0.25, 0.3) is 11.5 Å². The summed E-state index contributed by atoms with van der Waals surface area (Å²) in [5, 5.41) is 3.06. The van der Waals surface area contributed by atoms with Gasteiger partial charge in [0, 0.05) is 12.5 Å². The molecular weight excluding hydrogens is 322 g/mol. The van der Waals surface area contributed by atoms with E-state index in [2.05, 4.69) is 15.3 Å². The molecule has 0 aliphatic heterocycles. The van der Waals surface area contributed by atoms with E-state index in [9.17, 15) is 9.59 Å². The van der Waals surface area contributed by atoms with Crippen LogP contribution in [0.25, 0.3) is 11.1 Å². The zero-order valence-electron chi connectivity index (χ0n) is 14.9. The summed E-state index contributed by atoms with van der Waals surface area (Å²) in [6, 6.07) is 3.65. The van der Waals surface area contributed by atoms with Crippen LogP contribution in [0.1, 0.15) is 49.1 Å². The van der Waals surface area contributed by atoms with Crippen LogP contribution in [0.5, 0.6) is 0 Å². The standard InChI is InChI=1S/C16H17N3O4.C2H6/c1-9(5-6-11-4-3-7-22-11)19-15(21)12-10(2)23-16-13(12)14(20)17-8-18-16;1-2/h3-4,7-9H,5-6H2,1-2H3,(H,19,21)(H,17,18,20);1-2H3. The molecule has 0 spiro atoms. The first-order valence-electron chi connectivity index (χ1n) is 8.36. The van der Waals surface area contributed by atoms with Crippen LogP contribution < -0.4 is 10.9 Å². The number of H-pyrrole nitrogens is 1. The Bertz CT molecular complexity index is 877. The number of carbonyl (C=O) groups excluding carboxylic acids is 1. The van der Waals surface area contributed by atoms with E-state index >= 15 is 0 Å². The van der Waals surface area contributed by atoms with Crippen molar-refractivity contribution in [1.82, 2.24) is 15.3 Å². The molecule has 7 heteroatoms. The molecule has 0 saturated carbocycles. The predicted octanol–water partition coefficient (Wildman–Crippen LogP) is 3.19. The number of aromatic amines is 1. The average Bonchev–Trinajstić information content (AvgIpc) is 3.22. The van der Waals surface area contributed by atoms with E-state index < -0.39 is 0 Å². The zero-order chi connectivity index (χ0) is 18.4. The molecule has 0 aliphatic carbocycles. The first kappa shape index (κ1) is 18.5. The van der Waals surface area contributed by atoms with Crippen LogP contribution in [0.4, 0.5) is 0 Å². The Morgan fingerprint density at radius 3 is 2.84 bits per heavy atom. The van der Waals surface area contributed by atoms with Crippen molar-refractivity contribution in [3.05, 3.63) is 52.2 Å². The highest BCUT2D eigenvalue weighted by atomic mass is 16.3. The molecule has 0 bridgehead atoms. The van der Waals surface area contributed by atoms with Crippen molar-refractivity contribution in [2.24, 2.45) is 0 Å². The summed E-state index contributed by atoms with van der Waals surface area (Å²) in [6.45, 7) is 7.55. The van der Waals surface area contributed by atoms with Crippen molar-refractivity contribution in [3.8, 4) is 0 Å². The van der Waals surface area contributed by atoms with Crippen molar-refractivity contribution in [1.29, 1.82) is 0 Å². The Balaban J connectivity index is 0.00000109. The molecule has 3 heterocycles. The molecule has 0 aromatic carbocycles. The molecule has 0 radical (unpaired) electrons. The normalized spacial score (nSPS) is 11.7. The van der Waals surface area contributed by atoms with E-state index in [1.165, 1.54) is 6.33 Å². The number of fused-ring (bicyclic) bond motifs is 1. The van der Waals surface area contributed by atoms with Crippen LogP contribution in [-0.4, -0.2) is 21.9 Å². The van der Waals surface area contributed by atoms with Crippen molar-refractivity contribution < 1.29 is 13.6 Å². The number of aryl methyl sites for hydroxylation is 2. The molecule has 3 aromatic rings. The molecule has 3 rings (SSSR count). The number of carbonyl (C=O) groups is 1. The molecule has 1 amide bonds. The molecule has 0 fully saturated rings. The minimum atomic E-state index is -0.389. The van der Waals surface area contributed by atoms with Gasteiger partial charge in [-0.05, 0) is 32.4 Å². The van der Waals surface area contributed by atoms with Crippen LogP contribution in [0, 0.1) is 6.92 Å². The Morgan fingerprint density at radius 1 is 1.40 bits per heavy atom.